The largest absolute Gasteiger partial charge is 0.486 e. The predicted octanol–water partition coefficient (Wildman–Crippen LogP) is 3.87. The summed E-state index contributed by atoms with van der Waals surface area (Å²) in [6.07, 6.45) is 2.16. The molecular formula is C25H28FN3O3. The van der Waals surface area contributed by atoms with Gasteiger partial charge >= 0.3 is 0 Å². The van der Waals surface area contributed by atoms with E-state index in [2.05, 4.69) is 15.8 Å². The van der Waals surface area contributed by atoms with Gasteiger partial charge in [0.25, 0.3) is 0 Å². The van der Waals surface area contributed by atoms with Crippen LogP contribution in [-0.4, -0.2) is 24.2 Å². The number of halogens is 1. The minimum atomic E-state index is -0.278. The fraction of sp³-hybridized carbons (Fsp3) is 0.360. The summed E-state index contributed by atoms with van der Waals surface area (Å²) in [4.78, 5) is 12.5. The molecule has 1 fully saturated rings. The monoisotopic (exact) mass is 437 g/mol. The Balaban J connectivity index is 1.27. The summed E-state index contributed by atoms with van der Waals surface area (Å²) >= 11 is 0. The van der Waals surface area contributed by atoms with E-state index in [4.69, 9.17) is 9.26 Å². The van der Waals surface area contributed by atoms with Crippen LogP contribution >= 0.6 is 0 Å². The first kappa shape index (κ1) is 22.0. The van der Waals surface area contributed by atoms with E-state index in [0.717, 1.165) is 42.9 Å². The van der Waals surface area contributed by atoms with Gasteiger partial charge in [0, 0.05) is 19.0 Å². The number of benzene rings is 2. The first-order chi connectivity index (χ1) is 15.7. The molecule has 0 spiro atoms. The number of carbonyl (C=O) groups is 1. The van der Waals surface area contributed by atoms with E-state index < -0.39 is 0 Å². The van der Waals surface area contributed by atoms with Gasteiger partial charge in [-0.3, -0.25) is 4.79 Å². The molecule has 2 unspecified atom stereocenters. The second-order valence-electron chi connectivity index (χ2n) is 8.21. The molecule has 1 aromatic heterocycles. The molecule has 1 aliphatic heterocycles. The van der Waals surface area contributed by atoms with Gasteiger partial charge in [-0.25, -0.2) is 4.39 Å². The Morgan fingerprint density at radius 3 is 2.78 bits per heavy atom. The fourth-order valence-electron chi connectivity index (χ4n) is 4.06. The number of ether oxygens (including phenoxy) is 1. The van der Waals surface area contributed by atoms with Crippen LogP contribution in [0.3, 0.4) is 0 Å². The SMILES string of the molecule is O=C(CC1CCNCC1Cc1cc(COc2ccccc2)on1)NCc1ccc(F)cc1. The lowest BCUT2D eigenvalue weighted by atomic mass is 9.81. The molecule has 4 rings (SSSR count). The van der Waals surface area contributed by atoms with Crippen LogP contribution in [0.2, 0.25) is 0 Å². The smallest absolute Gasteiger partial charge is 0.220 e. The number of hydrogen-bond donors (Lipinski definition) is 2. The van der Waals surface area contributed by atoms with Gasteiger partial charge in [0.05, 0.1) is 5.69 Å². The van der Waals surface area contributed by atoms with Crippen molar-refractivity contribution in [1.29, 1.82) is 0 Å². The van der Waals surface area contributed by atoms with Gasteiger partial charge in [-0.15, -0.1) is 0 Å². The summed E-state index contributed by atoms with van der Waals surface area (Å²) in [7, 11) is 0. The molecule has 6 nitrogen and oxygen atoms in total. The zero-order valence-corrected chi connectivity index (χ0v) is 17.9. The second-order valence-corrected chi connectivity index (χ2v) is 8.21. The molecule has 2 heterocycles. The number of rotatable bonds is 9. The number of hydrogen-bond acceptors (Lipinski definition) is 5. The van der Waals surface area contributed by atoms with Crippen molar-refractivity contribution in [2.75, 3.05) is 13.1 Å². The topological polar surface area (TPSA) is 76.4 Å². The van der Waals surface area contributed by atoms with Crippen LogP contribution in [0.4, 0.5) is 4.39 Å². The van der Waals surface area contributed by atoms with Gasteiger partial charge in [0.2, 0.25) is 5.91 Å². The highest BCUT2D eigenvalue weighted by Gasteiger charge is 2.28. The first-order valence-corrected chi connectivity index (χ1v) is 11.0. The molecule has 0 aliphatic carbocycles. The van der Waals surface area contributed by atoms with Crippen LogP contribution in [0.15, 0.2) is 65.2 Å². The third-order valence-electron chi connectivity index (χ3n) is 5.82. The summed E-state index contributed by atoms with van der Waals surface area (Å²) in [6.45, 7) is 2.48. The van der Waals surface area contributed by atoms with Crippen LogP contribution in [0.25, 0.3) is 0 Å². The molecule has 0 saturated carbocycles. The maximum absolute atomic E-state index is 13.0. The molecule has 7 heteroatoms. The van der Waals surface area contributed by atoms with Crippen LogP contribution in [0.1, 0.15) is 29.9 Å². The van der Waals surface area contributed by atoms with Gasteiger partial charge in [0.15, 0.2) is 5.76 Å². The van der Waals surface area contributed by atoms with Crippen molar-refractivity contribution in [3.8, 4) is 5.75 Å². The number of piperidine rings is 1. The molecule has 32 heavy (non-hydrogen) atoms. The zero-order chi connectivity index (χ0) is 22.2. The standard InChI is InChI=1S/C25H28FN3O3/c26-21-8-6-18(7-9-21)15-28-25(30)13-19-10-11-27-16-20(19)12-22-14-24(32-29-22)17-31-23-4-2-1-3-5-23/h1-9,14,19-20,27H,10-13,15-17H2,(H,28,30). The van der Waals surface area contributed by atoms with Crippen LogP contribution in [0.5, 0.6) is 5.75 Å². The zero-order valence-electron chi connectivity index (χ0n) is 17.9. The molecule has 1 aliphatic rings. The number of amides is 1. The van der Waals surface area contributed by atoms with Crippen molar-refractivity contribution < 1.29 is 18.4 Å². The Morgan fingerprint density at radius 2 is 1.97 bits per heavy atom. The van der Waals surface area contributed by atoms with Gasteiger partial charge in [-0.05, 0) is 67.6 Å². The Hall–Kier alpha value is -3.19. The first-order valence-electron chi connectivity index (χ1n) is 11.0. The molecule has 2 N–H and O–H groups in total. The maximum Gasteiger partial charge on any atom is 0.220 e. The predicted molar refractivity (Wildman–Crippen MR) is 118 cm³/mol. The molecule has 3 aromatic rings. The minimum Gasteiger partial charge on any atom is -0.486 e. The number of nitrogens with one attached hydrogen (secondary N) is 2. The highest BCUT2D eigenvalue weighted by atomic mass is 19.1. The molecule has 0 radical (unpaired) electrons. The van der Waals surface area contributed by atoms with Gasteiger partial charge in [-0.1, -0.05) is 35.5 Å². The average molecular weight is 438 g/mol. The number of nitrogens with zero attached hydrogens (tertiary/aromatic N) is 1. The van der Waals surface area contributed by atoms with E-state index in [1.807, 2.05) is 36.4 Å². The minimum absolute atomic E-state index is 0.0170. The van der Waals surface area contributed by atoms with Crippen molar-refractivity contribution >= 4 is 5.91 Å². The molecule has 1 saturated heterocycles. The number of aromatic nitrogens is 1. The molecule has 2 atom stereocenters. The summed E-state index contributed by atoms with van der Waals surface area (Å²) in [5.74, 6) is 1.77. The lowest BCUT2D eigenvalue weighted by Crippen LogP contribution is -2.40. The van der Waals surface area contributed by atoms with E-state index in [9.17, 15) is 9.18 Å². The molecular weight excluding hydrogens is 409 g/mol. The third kappa shape index (κ3) is 6.40. The quantitative estimate of drug-likeness (QED) is 0.532. The maximum atomic E-state index is 13.0. The van der Waals surface area contributed by atoms with E-state index in [0.29, 0.717) is 31.3 Å². The van der Waals surface area contributed by atoms with Gasteiger partial charge < -0.3 is 19.9 Å². The highest BCUT2D eigenvalue weighted by molar-refractivity contribution is 5.76. The molecule has 0 bridgehead atoms. The molecule has 168 valence electrons. The van der Waals surface area contributed by atoms with Gasteiger partial charge in [-0.2, -0.15) is 0 Å². The summed E-state index contributed by atoms with van der Waals surface area (Å²) in [5, 5.41) is 10.6. The van der Waals surface area contributed by atoms with E-state index in [1.54, 1.807) is 12.1 Å². The Morgan fingerprint density at radius 1 is 1.16 bits per heavy atom. The average Bonchev–Trinajstić information content (AvgIpc) is 3.27. The van der Waals surface area contributed by atoms with Crippen LogP contribution < -0.4 is 15.4 Å². The molecule has 2 aromatic carbocycles. The Kier molecular flexibility index (Phi) is 7.51. The van der Waals surface area contributed by atoms with Crippen LogP contribution in [-0.2, 0) is 24.4 Å². The Bertz CT molecular complexity index is 991. The summed E-state index contributed by atoms with van der Waals surface area (Å²) in [6, 6.07) is 17.7. The third-order valence-corrected chi connectivity index (χ3v) is 5.82. The number of para-hydroxylation sites is 1. The van der Waals surface area contributed by atoms with Gasteiger partial charge in [0.1, 0.15) is 18.2 Å². The van der Waals surface area contributed by atoms with Crippen molar-refractivity contribution in [1.82, 2.24) is 15.8 Å². The fourth-order valence-corrected chi connectivity index (χ4v) is 4.06. The normalized spacial score (nSPS) is 18.3. The van der Waals surface area contributed by atoms with Crippen LogP contribution in [0, 0.1) is 17.7 Å². The van der Waals surface area contributed by atoms with E-state index >= 15 is 0 Å². The van der Waals surface area contributed by atoms with Crippen molar-refractivity contribution in [3.63, 3.8) is 0 Å². The lowest BCUT2D eigenvalue weighted by Gasteiger charge is -2.31. The lowest BCUT2D eigenvalue weighted by molar-refractivity contribution is -0.122. The van der Waals surface area contributed by atoms with Crippen molar-refractivity contribution in [2.45, 2.75) is 32.4 Å². The van der Waals surface area contributed by atoms with E-state index in [-0.39, 0.29) is 17.6 Å². The number of carbonyl (C=O) groups excluding carboxylic acids is 1. The summed E-state index contributed by atoms with van der Waals surface area (Å²) in [5.41, 5.74) is 1.76. The summed E-state index contributed by atoms with van der Waals surface area (Å²) < 4.78 is 24.2. The second kappa shape index (κ2) is 10.9. The highest BCUT2D eigenvalue weighted by Crippen LogP contribution is 2.26. The van der Waals surface area contributed by atoms with E-state index in [1.165, 1.54) is 12.1 Å². The Labute approximate surface area is 187 Å². The molecule has 1 amide bonds. The van der Waals surface area contributed by atoms with Crippen molar-refractivity contribution in [2.24, 2.45) is 11.8 Å². The van der Waals surface area contributed by atoms with Crippen molar-refractivity contribution in [3.05, 3.63) is 83.5 Å².